The van der Waals surface area contributed by atoms with Gasteiger partial charge in [-0.25, -0.2) is 14.8 Å². The fourth-order valence-corrected chi connectivity index (χ4v) is 5.02. The van der Waals surface area contributed by atoms with Crippen LogP contribution in [-0.2, 0) is 13.0 Å². The Balaban J connectivity index is 1.70. The largest absolute Gasteiger partial charge is 0.465 e. The maximum atomic E-state index is 12.1. The number of nitrogen functional groups attached to an aromatic ring is 1. The molecule has 0 fully saturated rings. The van der Waals surface area contributed by atoms with Crippen LogP contribution in [0.1, 0.15) is 32.9 Å². The van der Waals surface area contributed by atoms with Gasteiger partial charge in [-0.2, -0.15) is 0 Å². The van der Waals surface area contributed by atoms with Crippen molar-refractivity contribution in [2.75, 3.05) is 5.73 Å². The summed E-state index contributed by atoms with van der Waals surface area (Å²) in [5, 5.41) is 11.8. The molecule has 0 radical (unpaired) electrons. The zero-order chi connectivity index (χ0) is 22.6. The standard InChI is InChI=1S/C24H26N6O2/c1-24(2,3)30(23(31)32)16-8-9-18-19(15-10-14-6-4-5-7-17(14)26-11-15)20-21(25)27-13-28-22(20)29(18)12-16/h4-7,10-11,13,16H,8-9,12H2,1-3H3,(H,31,32)(H2,25,27,28)/t16-/m1/s1. The van der Waals surface area contributed by atoms with Crippen molar-refractivity contribution in [3.05, 3.63) is 48.5 Å². The Labute approximate surface area is 185 Å². The molecular weight excluding hydrogens is 404 g/mol. The first-order valence-corrected chi connectivity index (χ1v) is 10.7. The highest BCUT2D eigenvalue weighted by Crippen LogP contribution is 2.40. The zero-order valence-corrected chi connectivity index (χ0v) is 18.4. The van der Waals surface area contributed by atoms with Gasteiger partial charge in [0.2, 0.25) is 0 Å². The molecule has 3 N–H and O–H groups in total. The summed E-state index contributed by atoms with van der Waals surface area (Å²) in [5.74, 6) is 0.419. The summed E-state index contributed by atoms with van der Waals surface area (Å²) in [6, 6.07) is 9.96. The number of carbonyl (C=O) groups is 1. The topological polar surface area (TPSA) is 110 Å². The molecule has 8 nitrogen and oxygen atoms in total. The van der Waals surface area contributed by atoms with Gasteiger partial charge < -0.3 is 15.4 Å². The van der Waals surface area contributed by atoms with Gasteiger partial charge in [-0.1, -0.05) is 18.2 Å². The number of hydrogen-bond donors (Lipinski definition) is 2. The Morgan fingerprint density at radius 2 is 2.00 bits per heavy atom. The molecule has 1 atom stereocenters. The molecule has 32 heavy (non-hydrogen) atoms. The van der Waals surface area contributed by atoms with E-state index in [1.165, 1.54) is 6.33 Å². The van der Waals surface area contributed by atoms with Gasteiger partial charge in [0.15, 0.2) is 0 Å². The van der Waals surface area contributed by atoms with E-state index in [0.29, 0.717) is 18.8 Å². The highest BCUT2D eigenvalue weighted by atomic mass is 16.4. The lowest BCUT2D eigenvalue weighted by molar-refractivity contribution is 0.0575. The second kappa shape index (κ2) is 7.19. The van der Waals surface area contributed by atoms with Crippen molar-refractivity contribution >= 4 is 33.8 Å². The quantitative estimate of drug-likeness (QED) is 0.490. The van der Waals surface area contributed by atoms with E-state index in [2.05, 4.69) is 25.6 Å². The van der Waals surface area contributed by atoms with Crippen LogP contribution in [0.25, 0.3) is 33.1 Å². The Morgan fingerprint density at radius 3 is 2.75 bits per heavy atom. The second-order valence-electron chi connectivity index (χ2n) is 9.32. The second-order valence-corrected chi connectivity index (χ2v) is 9.32. The first-order valence-electron chi connectivity index (χ1n) is 10.7. The first kappa shape index (κ1) is 20.2. The van der Waals surface area contributed by atoms with Gasteiger partial charge in [-0.15, -0.1) is 0 Å². The van der Waals surface area contributed by atoms with E-state index in [9.17, 15) is 9.90 Å². The minimum Gasteiger partial charge on any atom is -0.465 e. The Kier molecular flexibility index (Phi) is 4.54. The molecular formula is C24H26N6O2. The van der Waals surface area contributed by atoms with Gasteiger partial charge in [0.05, 0.1) is 16.9 Å². The number of benzene rings is 1. The van der Waals surface area contributed by atoms with E-state index in [1.807, 2.05) is 51.2 Å². The predicted molar refractivity (Wildman–Crippen MR) is 124 cm³/mol. The summed E-state index contributed by atoms with van der Waals surface area (Å²) in [6.45, 7) is 6.30. The highest BCUT2D eigenvalue weighted by molar-refractivity contribution is 6.03. The number of amides is 1. The number of fused-ring (bicyclic) bond motifs is 4. The molecule has 3 aromatic heterocycles. The summed E-state index contributed by atoms with van der Waals surface area (Å²) in [7, 11) is 0. The van der Waals surface area contributed by atoms with Crippen LogP contribution < -0.4 is 5.73 Å². The summed E-state index contributed by atoms with van der Waals surface area (Å²) in [6.07, 6.45) is 3.87. The Bertz CT molecular complexity index is 1350. The molecule has 1 amide bonds. The lowest BCUT2D eigenvalue weighted by Crippen LogP contribution is -2.53. The lowest BCUT2D eigenvalue weighted by atomic mass is 9.94. The molecule has 1 aliphatic rings. The number of hydrogen-bond acceptors (Lipinski definition) is 5. The lowest BCUT2D eigenvalue weighted by Gasteiger charge is -2.41. The van der Waals surface area contributed by atoms with Crippen molar-refractivity contribution in [1.82, 2.24) is 24.4 Å². The molecule has 0 spiro atoms. The van der Waals surface area contributed by atoms with Gasteiger partial charge in [-0.05, 0) is 45.7 Å². The molecule has 4 aromatic rings. The third kappa shape index (κ3) is 3.14. The number of anilines is 1. The number of carboxylic acid groups (broad SMARTS) is 1. The molecule has 5 rings (SSSR count). The molecule has 0 saturated heterocycles. The van der Waals surface area contributed by atoms with E-state index in [0.717, 1.165) is 45.2 Å². The molecule has 1 aromatic carbocycles. The van der Waals surface area contributed by atoms with Crippen LogP contribution in [0.4, 0.5) is 10.6 Å². The minimum absolute atomic E-state index is 0.158. The average Bonchev–Trinajstić information content (AvgIpc) is 3.07. The average molecular weight is 431 g/mol. The normalized spacial score (nSPS) is 16.3. The molecule has 0 saturated carbocycles. The van der Waals surface area contributed by atoms with E-state index in [1.54, 1.807) is 4.90 Å². The highest BCUT2D eigenvalue weighted by Gasteiger charge is 2.37. The third-order valence-electron chi connectivity index (χ3n) is 6.26. The van der Waals surface area contributed by atoms with Crippen LogP contribution >= 0.6 is 0 Å². The summed E-state index contributed by atoms with van der Waals surface area (Å²) >= 11 is 0. The van der Waals surface area contributed by atoms with Crippen molar-refractivity contribution in [3.63, 3.8) is 0 Å². The maximum absolute atomic E-state index is 12.1. The monoisotopic (exact) mass is 430 g/mol. The number of pyridine rings is 1. The van der Waals surface area contributed by atoms with Crippen LogP contribution in [-0.4, -0.2) is 47.2 Å². The van der Waals surface area contributed by atoms with Crippen molar-refractivity contribution < 1.29 is 9.90 Å². The fourth-order valence-electron chi connectivity index (χ4n) is 5.02. The first-order chi connectivity index (χ1) is 15.3. The van der Waals surface area contributed by atoms with E-state index >= 15 is 0 Å². The molecule has 164 valence electrons. The summed E-state index contributed by atoms with van der Waals surface area (Å²) in [5.41, 5.74) is 10.6. The van der Waals surface area contributed by atoms with Crippen molar-refractivity contribution in [2.24, 2.45) is 0 Å². The molecule has 4 heterocycles. The van der Waals surface area contributed by atoms with Crippen LogP contribution in [0, 0.1) is 0 Å². The number of para-hydroxylation sites is 1. The zero-order valence-electron chi connectivity index (χ0n) is 18.4. The van der Waals surface area contributed by atoms with E-state index < -0.39 is 11.6 Å². The number of rotatable bonds is 2. The molecule has 0 unspecified atom stereocenters. The van der Waals surface area contributed by atoms with Crippen LogP contribution in [0.2, 0.25) is 0 Å². The van der Waals surface area contributed by atoms with E-state index in [-0.39, 0.29) is 6.04 Å². The molecule has 1 aliphatic heterocycles. The fraction of sp³-hybridized carbons (Fsp3) is 0.333. The van der Waals surface area contributed by atoms with Crippen LogP contribution in [0.15, 0.2) is 42.9 Å². The van der Waals surface area contributed by atoms with Gasteiger partial charge in [0.1, 0.15) is 17.8 Å². The van der Waals surface area contributed by atoms with E-state index in [4.69, 9.17) is 5.73 Å². The Hall–Kier alpha value is -3.68. The van der Waals surface area contributed by atoms with Gasteiger partial charge in [0.25, 0.3) is 0 Å². The minimum atomic E-state index is -0.907. The Morgan fingerprint density at radius 1 is 1.22 bits per heavy atom. The maximum Gasteiger partial charge on any atom is 0.408 e. The van der Waals surface area contributed by atoms with Crippen molar-refractivity contribution in [3.8, 4) is 11.1 Å². The predicted octanol–water partition coefficient (Wildman–Crippen LogP) is 4.32. The molecule has 0 bridgehead atoms. The summed E-state index contributed by atoms with van der Waals surface area (Å²) < 4.78 is 2.12. The van der Waals surface area contributed by atoms with Crippen molar-refractivity contribution in [1.29, 1.82) is 0 Å². The number of nitrogens with two attached hydrogens (primary N) is 1. The smallest absolute Gasteiger partial charge is 0.408 e. The summed E-state index contributed by atoms with van der Waals surface area (Å²) in [4.78, 5) is 27.1. The van der Waals surface area contributed by atoms with Gasteiger partial charge in [0, 0.05) is 40.5 Å². The van der Waals surface area contributed by atoms with Crippen LogP contribution in [0.5, 0.6) is 0 Å². The van der Waals surface area contributed by atoms with Crippen molar-refractivity contribution in [2.45, 2.75) is 51.7 Å². The SMILES string of the molecule is CC(C)(C)N(C(=O)O)[C@@H]1CCc2c(-c3cnc4ccccc4c3)c3c(N)ncnc3n2C1. The third-order valence-corrected chi connectivity index (χ3v) is 6.26. The van der Waals surface area contributed by atoms with Crippen LogP contribution in [0.3, 0.4) is 0 Å². The number of aromatic nitrogens is 4. The number of nitrogens with zero attached hydrogens (tertiary/aromatic N) is 5. The van der Waals surface area contributed by atoms with Gasteiger partial charge >= 0.3 is 6.09 Å². The van der Waals surface area contributed by atoms with Gasteiger partial charge in [-0.3, -0.25) is 9.88 Å². The molecule has 8 heteroatoms. The molecule has 0 aliphatic carbocycles.